The summed E-state index contributed by atoms with van der Waals surface area (Å²) in [5.41, 5.74) is 1.50. The van der Waals surface area contributed by atoms with Gasteiger partial charge in [0.15, 0.2) is 5.65 Å². The first-order chi connectivity index (χ1) is 13.1. The van der Waals surface area contributed by atoms with E-state index in [9.17, 15) is 4.79 Å². The van der Waals surface area contributed by atoms with E-state index in [-0.39, 0.29) is 12.0 Å². The molecule has 3 rings (SSSR count). The molecule has 0 spiro atoms. The van der Waals surface area contributed by atoms with E-state index < -0.39 is 0 Å². The molecule has 1 aliphatic carbocycles. The lowest BCUT2D eigenvalue weighted by Crippen LogP contribution is -2.26. The maximum absolute atomic E-state index is 12.7. The number of aromatic nitrogens is 3. The van der Waals surface area contributed by atoms with E-state index in [1.807, 2.05) is 17.6 Å². The molecule has 2 heterocycles. The van der Waals surface area contributed by atoms with Crippen molar-refractivity contribution >= 4 is 34.6 Å². The molecule has 0 radical (unpaired) electrons. The zero-order chi connectivity index (χ0) is 19.2. The van der Waals surface area contributed by atoms with Crippen molar-refractivity contribution in [3.8, 4) is 0 Å². The number of rotatable bonds is 10. The van der Waals surface area contributed by atoms with Crippen molar-refractivity contribution in [2.24, 2.45) is 0 Å². The monoisotopic (exact) mass is 392 g/mol. The quantitative estimate of drug-likeness (QED) is 0.449. The lowest BCUT2D eigenvalue weighted by molar-refractivity contribution is -0.119. The lowest BCUT2D eigenvalue weighted by Gasteiger charge is -2.28. The average Bonchev–Trinajstić information content (AvgIpc) is 2.91. The van der Waals surface area contributed by atoms with Crippen LogP contribution >= 0.6 is 11.6 Å². The van der Waals surface area contributed by atoms with Crippen LogP contribution in [0.15, 0.2) is 12.1 Å². The number of imidazole rings is 1. The van der Waals surface area contributed by atoms with E-state index in [0.29, 0.717) is 30.2 Å². The molecule has 27 heavy (non-hydrogen) atoms. The van der Waals surface area contributed by atoms with Crippen molar-refractivity contribution in [2.75, 3.05) is 11.9 Å². The summed E-state index contributed by atoms with van der Waals surface area (Å²) in [4.78, 5) is 21.7. The molecule has 1 amide bonds. The van der Waals surface area contributed by atoms with Crippen LogP contribution in [0.2, 0.25) is 5.15 Å². The predicted molar refractivity (Wildman–Crippen MR) is 108 cm³/mol. The van der Waals surface area contributed by atoms with Crippen LogP contribution in [0, 0.1) is 0 Å². The van der Waals surface area contributed by atoms with Crippen LogP contribution in [0.4, 0.5) is 5.95 Å². The van der Waals surface area contributed by atoms with Gasteiger partial charge in [-0.15, -0.1) is 0 Å². The molecule has 2 aromatic rings. The summed E-state index contributed by atoms with van der Waals surface area (Å²) in [6, 6.07) is 3.90. The van der Waals surface area contributed by atoms with Crippen LogP contribution in [0.5, 0.6) is 0 Å². The van der Waals surface area contributed by atoms with Gasteiger partial charge in [0.05, 0.1) is 12.5 Å². The van der Waals surface area contributed by atoms with Gasteiger partial charge in [0.25, 0.3) is 0 Å². The number of ether oxygens (including phenoxy) is 1. The number of carbonyl (C=O) groups excluding carboxylic acids is 1. The minimum absolute atomic E-state index is 0.0457. The van der Waals surface area contributed by atoms with Gasteiger partial charge in [-0.1, -0.05) is 37.8 Å². The molecule has 1 N–H and O–H groups in total. The Bertz CT molecular complexity index is 773. The van der Waals surface area contributed by atoms with E-state index in [2.05, 4.69) is 22.2 Å². The molecular weight excluding hydrogens is 364 g/mol. The second kappa shape index (κ2) is 9.51. The van der Waals surface area contributed by atoms with Crippen molar-refractivity contribution < 1.29 is 9.53 Å². The highest BCUT2D eigenvalue weighted by molar-refractivity contribution is 6.29. The van der Waals surface area contributed by atoms with Crippen molar-refractivity contribution in [3.05, 3.63) is 17.3 Å². The fourth-order valence-electron chi connectivity index (χ4n) is 3.51. The fraction of sp³-hybridized carbons (Fsp3) is 0.650. The number of nitrogens with zero attached hydrogens (tertiary/aromatic N) is 3. The smallest absolute Gasteiger partial charge is 0.229 e. The summed E-state index contributed by atoms with van der Waals surface area (Å²) in [6.45, 7) is 4.76. The minimum Gasteiger partial charge on any atom is -0.378 e. The fourth-order valence-corrected chi connectivity index (χ4v) is 3.66. The van der Waals surface area contributed by atoms with Crippen LogP contribution in [-0.2, 0) is 9.53 Å². The third-order valence-corrected chi connectivity index (χ3v) is 5.35. The van der Waals surface area contributed by atoms with Gasteiger partial charge >= 0.3 is 0 Å². The minimum atomic E-state index is -0.0630. The van der Waals surface area contributed by atoms with E-state index >= 15 is 0 Å². The highest BCUT2D eigenvalue weighted by Crippen LogP contribution is 2.37. The van der Waals surface area contributed by atoms with E-state index in [1.54, 1.807) is 6.07 Å². The van der Waals surface area contributed by atoms with Crippen molar-refractivity contribution in [1.29, 1.82) is 0 Å². The predicted octanol–water partition coefficient (Wildman–Crippen LogP) is 5.12. The molecule has 1 fully saturated rings. The number of anilines is 1. The molecule has 1 saturated carbocycles. The Kier molecular flexibility index (Phi) is 7.07. The first-order valence-corrected chi connectivity index (χ1v) is 10.5. The molecular formula is C20H29ClN4O2. The summed E-state index contributed by atoms with van der Waals surface area (Å²) >= 11 is 6.08. The number of halogens is 1. The summed E-state index contributed by atoms with van der Waals surface area (Å²) < 4.78 is 7.80. The molecule has 1 aliphatic rings. The first kappa shape index (κ1) is 20.1. The maximum Gasteiger partial charge on any atom is 0.229 e. The van der Waals surface area contributed by atoms with Gasteiger partial charge in [0, 0.05) is 12.6 Å². The topological polar surface area (TPSA) is 69.0 Å². The molecule has 0 aromatic carbocycles. The number of nitrogens with one attached hydrogen (secondary N) is 1. The summed E-state index contributed by atoms with van der Waals surface area (Å²) in [6.07, 6.45) is 7.93. The summed E-state index contributed by atoms with van der Waals surface area (Å²) in [5.74, 6) is 0.505. The van der Waals surface area contributed by atoms with Crippen LogP contribution in [0.3, 0.4) is 0 Å². The lowest BCUT2D eigenvalue weighted by atomic mass is 9.93. The molecule has 2 aromatic heterocycles. The Morgan fingerprint density at radius 1 is 1.33 bits per heavy atom. The Hall–Kier alpha value is -1.66. The number of unbranched alkanes of at least 4 members (excludes halogenated alkanes) is 2. The zero-order valence-corrected chi connectivity index (χ0v) is 17.0. The average molecular weight is 393 g/mol. The zero-order valence-electron chi connectivity index (χ0n) is 16.2. The van der Waals surface area contributed by atoms with E-state index in [1.165, 1.54) is 6.42 Å². The van der Waals surface area contributed by atoms with Gasteiger partial charge in [0.1, 0.15) is 10.7 Å². The largest absolute Gasteiger partial charge is 0.378 e. The van der Waals surface area contributed by atoms with Crippen LogP contribution < -0.4 is 5.32 Å². The van der Waals surface area contributed by atoms with Gasteiger partial charge < -0.3 is 4.74 Å². The Morgan fingerprint density at radius 3 is 2.81 bits per heavy atom. The van der Waals surface area contributed by atoms with Crippen LogP contribution in [0.1, 0.15) is 71.3 Å². The molecule has 0 aliphatic heterocycles. The number of pyridine rings is 1. The van der Waals surface area contributed by atoms with E-state index in [0.717, 1.165) is 49.7 Å². The molecule has 0 saturated heterocycles. The van der Waals surface area contributed by atoms with Crippen LogP contribution in [0.25, 0.3) is 11.2 Å². The Morgan fingerprint density at radius 2 is 2.15 bits per heavy atom. The Balaban J connectivity index is 1.73. The number of amides is 1. The van der Waals surface area contributed by atoms with Gasteiger partial charge in [-0.25, -0.2) is 9.97 Å². The van der Waals surface area contributed by atoms with Crippen LogP contribution in [-0.4, -0.2) is 33.2 Å². The number of hydrogen-bond donors (Lipinski definition) is 1. The van der Waals surface area contributed by atoms with Crippen molar-refractivity contribution in [3.63, 3.8) is 0 Å². The van der Waals surface area contributed by atoms with Gasteiger partial charge in [-0.2, -0.15) is 0 Å². The highest BCUT2D eigenvalue weighted by atomic mass is 35.5. The number of fused-ring (bicyclic) bond motifs is 1. The molecule has 1 unspecified atom stereocenters. The van der Waals surface area contributed by atoms with Gasteiger partial charge in [0.2, 0.25) is 11.9 Å². The Labute approximate surface area is 165 Å². The normalized spacial score (nSPS) is 15.7. The maximum atomic E-state index is 12.7. The second-order valence-corrected chi connectivity index (χ2v) is 7.58. The number of carbonyl (C=O) groups is 1. The molecule has 148 valence electrons. The third-order valence-electron chi connectivity index (χ3n) is 5.14. The second-order valence-electron chi connectivity index (χ2n) is 7.19. The van der Waals surface area contributed by atoms with E-state index in [4.69, 9.17) is 16.3 Å². The van der Waals surface area contributed by atoms with Gasteiger partial charge in [-0.05, 0) is 44.7 Å². The number of hydrogen-bond acceptors (Lipinski definition) is 4. The summed E-state index contributed by atoms with van der Waals surface area (Å²) in [7, 11) is 0. The molecule has 0 bridgehead atoms. The van der Waals surface area contributed by atoms with Crippen molar-refractivity contribution in [2.45, 2.75) is 77.4 Å². The molecule has 7 heteroatoms. The third kappa shape index (κ3) is 4.99. The SMILES string of the molecule is CCCCCC(CC(=O)Nc1nc2ccc(Cl)nc2n1C1CCC1)OCC. The summed E-state index contributed by atoms with van der Waals surface area (Å²) in [5, 5.41) is 3.44. The highest BCUT2D eigenvalue weighted by Gasteiger charge is 2.27. The standard InChI is InChI=1S/C20H29ClN4O2/c1-3-5-6-10-15(27-4-2)13-18(26)24-20-22-16-11-12-17(21)23-19(16)25(20)14-8-7-9-14/h11-12,14-15H,3-10,13H2,1-2H3,(H,22,24,26). The van der Waals surface area contributed by atoms with Crippen molar-refractivity contribution in [1.82, 2.24) is 14.5 Å². The molecule has 6 nitrogen and oxygen atoms in total. The molecule has 1 atom stereocenters. The van der Waals surface area contributed by atoms with Gasteiger partial charge in [-0.3, -0.25) is 14.7 Å². The first-order valence-electron chi connectivity index (χ1n) is 10.1.